The molecule has 1 aromatic rings. The Bertz CT molecular complexity index is 710. The summed E-state index contributed by atoms with van der Waals surface area (Å²) in [5.74, 6) is -1.99. The third-order valence-electron chi connectivity index (χ3n) is 5.51. The van der Waals surface area contributed by atoms with Gasteiger partial charge in [0.05, 0.1) is 5.92 Å². The van der Waals surface area contributed by atoms with E-state index in [1.807, 2.05) is 38.5 Å². The van der Waals surface area contributed by atoms with Crippen molar-refractivity contribution in [1.29, 1.82) is 0 Å². The van der Waals surface area contributed by atoms with E-state index >= 15 is 0 Å². The lowest BCUT2D eigenvalue weighted by Crippen LogP contribution is -2.51. The van der Waals surface area contributed by atoms with Gasteiger partial charge in [-0.25, -0.2) is 0 Å². The third kappa shape index (κ3) is 4.90. The molecule has 1 aliphatic rings. The minimum Gasteiger partial charge on any atom is -0.481 e. The molecule has 0 saturated heterocycles. The molecule has 2 amide bonds. The van der Waals surface area contributed by atoms with Crippen LogP contribution in [0.1, 0.15) is 67.2 Å². The van der Waals surface area contributed by atoms with Crippen LogP contribution >= 0.6 is 0 Å². The second kappa shape index (κ2) is 9.06. The highest BCUT2D eigenvalue weighted by Gasteiger charge is 2.35. The summed E-state index contributed by atoms with van der Waals surface area (Å²) in [5, 5.41) is 15.0. The smallest absolute Gasteiger partial charge is 0.308 e. The fourth-order valence-corrected chi connectivity index (χ4v) is 3.87. The van der Waals surface area contributed by atoms with E-state index in [0.29, 0.717) is 25.0 Å². The number of amides is 2. The van der Waals surface area contributed by atoms with Crippen LogP contribution in [0.2, 0.25) is 0 Å². The maximum atomic E-state index is 12.8. The maximum absolute atomic E-state index is 12.8. The zero-order chi connectivity index (χ0) is 20.1. The molecule has 1 heterocycles. The molecule has 27 heavy (non-hydrogen) atoms. The Labute approximate surface area is 160 Å². The largest absolute Gasteiger partial charge is 0.481 e. The first-order valence-corrected chi connectivity index (χ1v) is 9.73. The molecule has 7 heteroatoms. The minimum atomic E-state index is -0.873. The van der Waals surface area contributed by atoms with Crippen molar-refractivity contribution in [3.05, 3.63) is 23.0 Å². The first-order chi connectivity index (χ1) is 12.8. The molecule has 0 radical (unpaired) electrons. The number of hydrogen-bond acceptors (Lipinski definition) is 3. The number of nitrogens with zero attached hydrogens (tertiary/aromatic N) is 1. The standard InChI is InChI=1S/C20H31N3O4/c1-5-6-9-16(18(24)21-15-10-7-8-14(15)20(26)27)22-19(25)17-12(2)11-13(3)23(17)4/h11,14-16H,5-10H2,1-4H3,(H,21,24)(H,22,25)(H,26,27)/t14-,15+,16+/m1/s1. The monoisotopic (exact) mass is 377 g/mol. The average Bonchev–Trinajstić information content (AvgIpc) is 3.15. The zero-order valence-corrected chi connectivity index (χ0v) is 16.7. The van der Waals surface area contributed by atoms with Crippen LogP contribution in [0.25, 0.3) is 0 Å². The van der Waals surface area contributed by atoms with Crippen LogP contribution in [0.4, 0.5) is 0 Å². The van der Waals surface area contributed by atoms with Crippen molar-refractivity contribution in [2.24, 2.45) is 13.0 Å². The van der Waals surface area contributed by atoms with Crippen LogP contribution in [0.3, 0.4) is 0 Å². The molecule has 1 aromatic heterocycles. The number of hydrogen-bond donors (Lipinski definition) is 3. The van der Waals surface area contributed by atoms with Crippen molar-refractivity contribution in [3.8, 4) is 0 Å². The Morgan fingerprint density at radius 3 is 2.56 bits per heavy atom. The summed E-state index contributed by atoms with van der Waals surface area (Å²) in [7, 11) is 1.83. The third-order valence-corrected chi connectivity index (χ3v) is 5.51. The predicted molar refractivity (Wildman–Crippen MR) is 103 cm³/mol. The van der Waals surface area contributed by atoms with Gasteiger partial charge < -0.3 is 20.3 Å². The number of carboxylic acid groups (broad SMARTS) is 1. The fraction of sp³-hybridized carbons (Fsp3) is 0.650. The summed E-state index contributed by atoms with van der Waals surface area (Å²) >= 11 is 0. The van der Waals surface area contributed by atoms with E-state index in [2.05, 4.69) is 10.6 Å². The van der Waals surface area contributed by atoms with Gasteiger partial charge in [0.25, 0.3) is 5.91 Å². The molecule has 0 spiro atoms. The molecule has 7 nitrogen and oxygen atoms in total. The molecule has 2 rings (SSSR count). The van der Waals surface area contributed by atoms with E-state index in [1.54, 1.807) is 0 Å². The van der Waals surface area contributed by atoms with Gasteiger partial charge in [-0.05, 0) is 44.7 Å². The van der Waals surface area contributed by atoms with Gasteiger partial charge in [-0.1, -0.05) is 26.2 Å². The van der Waals surface area contributed by atoms with Gasteiger partial charge in [0.2, 0.25) is 5.91 Å². The Kier molecular flexibility index (Phi) is 7.05. The van der Waals surface area contributed by atoms with E-state index in [-0.39, 0.29) is 17.9 Å². The normalized spacial score (nSPS) is 20.3. The van der Waals surface area contributed by atoms with E-state index in [0.717, 1.165) is 30.5 Å². The van der Waals surface area contributed by atoms with Crippen LogP contribution in [0.15, 0.2) is 6.07 Å². The summed E-state index contributed by atoms with van der Waals surface area (Å²) in [6.45, 7) is 5.83. The predicted octanol–water partition coefficient (Wildman–Crippen LogP) is 2.30. The number of carbonyl (C=O) groups is 3. The van der Waals surface area contributed by atoms with Crippen LogP contribution < -0.4 is 10.6 Å². The highest BCUT2D eigenvalue weighted by atomic mass is 16.4. The van der Waals surface area contributed by atoms with Gasteiger partial charge in [0.15, 0.2) is 0 Å². The van der Waals surface area contributed by atoms with E-state index in [4.69, 9.17) is 0 Å². The second-order valence-electron chi connectivity index (χ2n) is 7.54. The molecule has 150 valence electrons. The van der Waals surface area contributed by atoms with Gasteiger partial charge >= 0.3 is 5.97 Å². The fourth-order valence-electron chi connectivity index (χ4n) is 3.87. The molecule has 0 aliphatic heterocycles. The van der Waals surface area contributed by atoms with Crippen molar-refractivity contribution in [2.75, 3.05) is 0 Å². The topological polar surface area (TPSA) is 100 Å². The Morgan fingerprint density at radius 2 is 2.00 bits per heavy atom. The molecule has 1 fully saturated rings. The number of nitrogens with one attached hydrogen (secondary N) is 2. The molecule has 0 unspecified atom stereocenters. The van der Waals surface area contributed by atoms with Gasteiger partial charge in [-0.15, -0.1) is 0 Å². The van der Waals surface area contributed by atoms with Crippen molar-refractivity contribution in [2.45, 2.75) is 71.4 Å². The van der Waals surface area contributed by atoms with Crippen LogP contribution in [-0.2, 0) is 16.6 Å². The highest BCUT2D eigenvalue weighted by Crippen LogP contribution is 2.26. The maximum Gasteiger partial charge on any atom is 0.308 e. The summed E-state index contributed by atoms with van der Waals surface area (Å²) in [4.78, 5) is 36.9. The highest BCUT2D eigenvalue weighted by molar-refractivity contribution is 5.97. The number of aliphatic carboxylic acids is 1. The summed E-state index contributed by atoms with van der Waals surface area (Å²) in [6, 6.07) is 0.906. The summed E-state index contributed by atoms with van der Waals surface area (Å²) < 4.78 is 1.82. The number of carboxylic acids is 1. The van der Waals surface area contributed by atoms with E-state index < -0.39 is 17.9 Å². The molecule has 0 aromatic carbocycles. The van der Waals surface area contributed by atoms with Crippen molar-refractivity contribution in [1.82, 2.24) is 15.2 Å². The number of rotatable bonds is 8. The first kappa shape index (κ1) is 21.0. The van der Waals surface area contributed by atoms with E-state index in [1.165, 1.54) is 0 Å². The minimum absolute atomic E-state index is 0.277. The Balaban J connectivity index is 2.10. The number of carbonyl (C=O) groups excluding carboxylic acids is 2. The SMILES string of the molecule is CCCC[C@H](NC(=O)c1c(C)cc(C)n1C)C(=O)N[C@H]1CCC[C@H]1C(=O)O. The van der Waals surface area contributed by atoms with Gasteiger partial charge in [-0.2, -0.15) is 0 Å². The van der Waals surface area contributed by atoms with Crippen molar-refractivity contribution < 1.29 is 19.5 Å². The van der Waals surface area contributed by atoms with E-state index in [9.17, 15) is 19.5 Å². The lowest BCUT2D eigenvalue weighted by Gasteiger charge is -2.23. The average molecular weight is 377 g/mol. The zero-order valence-electron chi connectivity index (χ0n) is 16.7. The Morgan fingerprint density at radius 1 is 1.30 bits per heavy atom. The number of unbranched alkanes of at least 4 members (excludes halogenated alkanes) is 1. The quantitative estimate of drug-likeness (QED) is 0.647. The lowest BCUT2D eigenvalue weighted by molar-refractivity contribution is -0.142. The first-order valence-electron chi connectivity index (χ1n) is 9.73. The van der Waals surface area contributed by atoms with Crippen molar-refractivity contribution >= 4 is 17.8 Å². The molecule has 3 atom stereocenters. The molecule has 1 aliphatic carbocycles. The van der Waals surface area contributed by atoms with Gasteiger partial charge in [-0.3, -0.25) is 14.4 Å². The molecular weight excluding hydrogens is 346 g/mol. The summed E-state index contributed by atoms with van der Waals surface area (Å²) in [6.07, 6.45) is 4.26. The molecule has 3 N–H and O–H groups in total. The number of aromatic nitrogens is 1. The number of aryl methyl sites for hydroxylation is 2. The second-order valence-corrected chi connectivity index (χ2v) is 7.54. The van der Waals surface area contributed by atoms with Gasteiger partial charge in [0, 0.05) is 18.8 Å². The molecule has 1 saturated carbocycles. The summed E-state index contributed by atoms with van der Waals surface area (Å²) in [5.41, 5.74) is 2.39. The Hall–Kier alpha value is -2.31. The van der Waals surface area contributed by atoms with Crippen LogP contribution in [-0.4, -0.2) is 39.5 Å². The lowest BCUT2D eigenvalue weighted by atomic mass is 10.0. The molecular formula is C20H31N3O4. The van der Waals surface area contributed by atoms with Gasteiger partial charge in [0.1, 0.15) is 11.7 Å². The van der Waals surface area contributed by atoms with Crippen LogP contribution in [0, 0.1) is 19.8 Å². The van der Waals surface area contributed by atoms with Crippen molar-refractivity contribution in [3.63, 3.8) is 0 Å². The molecule has 0 bridgehead atoms. The van der Waals surface area contributed by atoms with Crippen LogP contribution in [0.5, 0.6) is 0 Å².